The van der Waals surface area contributed by atoms with Gasteiger partial charge in [0.05, 0.1) is 11.0 Å². The molecule has 0 saturated heterocycles. The number of fused-ring (bicyclic) bond motifs is 1. The Kier molecular flexibility index (Phi) is 4.21. The normalized spacial score (nSPS) is 11.0. The van der Waals surface area contributed by atoms with Gasteiger partial charge >= 0.3 is 0 Å². The van der Waals surface area contributed by atoms with Crippen LogP contribution in [0.25, 0.3) is 22.4 Å². The molecule has 0 bridgehead atoms. The van der Waals surface area contributed by atoms with Gasteiger partial charge in [-0.25, -0.2) is 4.98 Å². The van der Waals surface area contributed by atoms with Gasteiger partial charge in [-0.15, -0.1) is 0 Å². The zero-order chi connectivity index (χ0) is 18.3. The van der Waals surface area contributed by atoms with E-state index in [2.05, 4.69) is 15.9 Å². The maximum atomic E-state index is 12.8. The highest BCUT2D eigenvalue weighted by Crippen LogP contribution is 2.26. The van der Waals surface area contributed by atoms with Crippen LogP contribution in [0.15, 0.2) is 71.2 Å². The van der Waals surface area contributed by atoms with Gasteiger partial charge in [0.25, 0.3) is 0 Å². The van der Waals surface area contributed by atoms with Crippen molar-refractivity contribution in [3.63, 3.8) is 0 Å². The largest absolute Gasteiger partial charge is 0.327 e. The SMILES string of the molecule is Cc1ccc(C(=O)c2ccc3nc(-c4ccc(Br)cc4)n(C)c3c2)cc1. The van der Waals surface area contributed by atoms with Crippen molar-refractivity contribution in [3.8, 4) is 11.4 Å². The maximum Gasteiger partial charge on any atom is 0.193 e. The van der Waals surface area contributed by atoms with Crippen LogP contribution in [0, 0.1) is 6.92 Å². The highest BCUT2D eigenvalue weighted by molar-refractivity contribution is 9.10. The summed E-state index contributed by atoms with van der Waals surface area (Å²) in [7, 11) is 1.98. The van der Waals surface area contributed by atoms with Gasteiger partial charge in [-0.2, -0.15) is 0 Å². The molecule has 0 saturated carbocycles. The summed E-state index contributed by atoms with van der Waals surface area (Å²) in [6.45, 7) is 2.01. The predicted molar refractivity (Wildman–Crippen MR) is 108 cm³/mol. The first-order valence-electron chi connectivity index (χ1n) is 8.37. The molecule has 0 fully saturated rings. The number of nitrogens with zero attached hydrogens (tertiary/aromatic N) is 2. The summed E-state index contributed by atoms with van der Waals surface area (Å²) in [5, 5.41) is 0. The van der Waals surface area contributed by atoms with E-state index in [4.69, 9.17) is 4.98 Å². The molecular formula is C22H17BrN2O. The third-order valence-electron chi connectivity index (χ3n) is 4.56. The number of hydrogen-bond acceptors (Lipinski definition) is 2. The summed E-state index contributed by atoms with van der Waals surface area (Å²) in [5.41, 5.74) is 5.38. The average molecular weight is 405 g/mol. The van der Waals surface area contributed by atoms with Crippen molar-refractivity contribution in [3.05, 3.63) is 87.9 Å². The van der Waals surface area contributed by atoms with E-state index >= 15 is 0 Å². The molecule has 4 heteroatoms. The minimum Gasteiger partial charge on any atom is -0.327 e. The van der Waals surface area contributed by atoms with Crippen molar-refractivity contribution < 1.29 is 4.79 Å². The lowest BCUT2D eigenvalue weighted by atomic mass is 10.0. The van der Waals surface area contributed by atoms with Crippen LogP contribution in [0.4, 0.5) is 0 Å². The van der Waals surface area contributed by atoms with Crippen LogP contribution in [0.5, 0.6) is 0 Å². The highest BCUT2D eigenvalue weighted by Gasteiger charge is 2.14. The fourth-order valence-electron chi connectivity index (χ4n) is 3.06. The molecule has 0 radical (unpaired) electrons. The molecule has 128 valence electrons. The van der Waals surface area contributed by atoms with E-state index in [1.165, 1.54) is 0 Å². The standard InChI is InChI=1S/C22H17BrN2O/c1-14-3-5-15(6-4-14)21(26)17-9-12-19-20(13-17)25(2)22(24-19)16-7-10-18(23)11-8-16/h3-13H,1-2H3. The summed E-state index contributed by atoms with van der Waals surface area (Å²) in [5.74, 6) is 0.908. The van der Waals surface area contributed by atoms with Crippen LogP contribution >= 0.6 is 15.9 Å². The number of rotatable bonds is 3. The van der Waals surface area contributed by atoms with Gasteiger partial charge in [-0.3, -0.25) is 4.79 Å². The molecule has 0 spiro atoms. The van der Waals surface area contributed by atoms with E-state index in [0.29, 0.717) is 11.1 Å². The minimum atomic E-state index is 0.0262. The monoisotopic (exact) mass is 404 g/mol. The first-order chi connectivity index (χ1) is 12.5. The Morgan fingerprint density at radius 2 is 1.58 bits per heavy atom. The zero-order valence-electron chi connectivity index (χ0n) is 14.5. The molecule has 0 atom stereocenters. The third kappa shape index (κ3) is 2.97. The Labute approximate surface area is 160 Å². The highest BCUT2D eigenvalue weighted by atomic mass is 79.9. The third-order valence-corrected chi connectivity index (χ3v) is 5.09. The number of aryl methyl sites for hydroxylation is 2. The van der Waals surface area contributed by atoms with Gasteiger partial charge in [0.1, 0.15) is 5.82 Å². The topological polar surface area (TPSA) is 34.9 Å². The number of carbonyl (C=O) groups is 1. The zero-order valence-corrected chi connectivity index (χ0v) is 16.1. The van der Waals surface area contributed by atoms with Crippen LogP contribution in [-0.4, -0.2) is 15.3 Å². The Hall–Kier alpha value is -2.72. The molecule has 0 aliphatic rings. The minimum absolute atomic E-state index is 0.0262. The second-order valence-corrected chi connectivity index (χ2v) is 7.32. The van der Waals surface area contributed by atoms with E-state index in [1.54, 1.807) is 0 Å². The lowest BCUT2D eigenvalue weighted by Crippen LogP contribution is -2.01. The molecule has 0 aliphatic heterocycles. The maximum absolute atomic E-state index is 12.8. The Balaban J connectivity index is 1.77. The Morgan fingerprint density at radius 3 is 2.27 bits per heavy atom. The van der Waals surface area contributed by atoms with E-state index in [0.717, 1.165) is 32.5 Å². The van der Waals surface area contributed by atoms with Crippen LogP contribution in [0.2, 0.25) is 0 Å². The van der Waals surface area contributed by atoms with Crippen LogP contribution in [-0.2, 0) is 7.05 Å². The first kappa shape index (κ1) is 16.7. The van der Waals surface area contributed by atoms with Gasteiger partial charge < -0.3 is 4.57 Å². The molecule has 0 aliphatic carbocycles. The summed E-state index contributed by atoms with van der Waals surface area (Å²) >= 11 is 3.46. The predicted octanol–water partition coefficient (Wildman–Crippen LogP) is 5.54. The van der Waals surface area contributed by atoms with Crippen molar-refractivity contribution in [2.75, 3.05) is 0 Å². The molecular weight excluding hydrogens is 388 g/mol. The molecule has 4 rings (SSSR count). The molecule has 1 heterocycles. The van der Waals surface area contributed by atoms with Crippen LogP contribution < -0.4 is 0 Å². The molecule has 3 nitrogen and oxygen atoms in total. The number of ketones is 1. The Bertz CT molecular complexity index is 1110. The van der Waals surface area contributed by atoms with Crippen molar-refractivity contribution >= 4 is 32.7 Å². The van der Waals surface area contributed by atoms with Crippen LogP contribution in [0.3, 0.4) is 0 Å². The van der Waals surface area contributed by atoms with E-state index in [1.807, 2.05) is 85.3 Å². The molecule has 4 aromatic rings. The fraction of sp³-hybridized carbons (Fsp3) is 0.0909. The lowest BCUT2D eigenvalue weighted by molar-refractivity contribution is 0.103. The van der Waals surface area contributed by atoms with E-state index < -0.39 is 0 Å². The van der Waals surface area contributed by atoms with E-state index in [9.17, 15) is 4.79 Å². The first-order valence-corrected chi connectivity index (χ1v) is 9.16. The molecule has 0 unspecified atom stereocenters. The van der Waals surface area contributed by atoms with Gasteiger partial charge in [-0.1, -0.05) is 57.9 Å². The van der Waals surface area contributed by atoms with E-state index in [-0.39, 0.29) is 5.78 Å². The lowest BCUT2D eigenvalue weighted by Gasteiger charge is -2.04. The quantitative estimate of drug-likeness (QED) is 0.420. The van der Waals surface area contributed by atoms with Gasteiger partial charge in [0.2, 0.25) is 0 Å². The molecule has 1 aromatic heterocycles. The molecule has 3 aromatic carbocycles. The molecule has 0 N–H and O–H groups in total. The number of benzene rings is 3. The van der Waals surface area contributed by atoms with Crippen molar-refractivity contribution in [2.24, 2.45) is 7.05 Å². The Morgan fingerprint density at radius 1 is 0.923 bits per heavy atom. The summed E-state index contributed by atoms with van der Waals surface area (Å²) in [6, 6.07) is 21.4. The summed E-state index contributed by atoms with van der Waals surface area (Å²) in [4.78, 5) is 17.5. The van der Waals surface area contributed by atoms with Crippen molar-refractivity contribution in [2.45, 2.75) is 6.92 Å². The number of hydrogen-bond donors (Lipinski definition) is 0. The number of carbonyl (C=O) groups excluding carboxylic acids is 1. The summed E-state index contributed by atoms with van der Waals surface area (Å²) in [6.07, 6.45) is 0. The summed E-state index contributed by atoms with van der Waals surface area (Å²) < 4.78 is 3.07. The fourth-order valence-corrected chi connectivity index (χ4v) is 3.32. The van der Waals surface area contributed by atoms with Crippen molar-refractivity contribution in [1.29, 1.82) is 0 Å². The molecule has 0 amide bonds. The van der Waals surface area contributed by atoms with Gasteiger partial charge in [0, 0.05) is 28.2 Å². The van der Waals surface area contributed by atoms with Crippen LogP contribution in [0.1, 0.15) is 21.5 Å². The van der Waals surface area contributed by atoms with Gasteiger partial charge in [-0.05, 0) is 37.3 Å². The van der Waals surface area contributed by atoms with Gasteiger partial charge in [0.15, 0.2) is 5.78 Å². The number of imidazole rings is 1. The smallest absolute Gasteiger partial charge is 0.193 e. The average Bonchev–Trinajstić information content (AvgIpc) is 2.99. The molecule has 26 heavy (non-hydrogen) atoms. The second-order valence-electron chi connectivity index (χ2n) is 6.40. The second kappa shape index (κ2) is 6.54. The number of halogens is 1. The number of aromatic nitrogens is 2. The van der Waals surface area contributed by atoms with Crippen molar-refractivity contribution in [1.82, 2.24) is 9.55 Å².